The van der Waals surface area contributed by atoms with Gasteiger partial charge in [0, 0.05) is 12.4 Å². The molecule has 0 fully saturated rings. The van der Waals surface area contributed by atoms with Crippen LogP contribution in [0.15, 0.2) is 55.2 Å². The third kappa shape index (κ3) is 2.69. The second-order valence-electron chi connectivity index (χ2n) is 4.43. The zero-order valence-electron chi connectivity index (χ0n) is 11.2. The summed E-state index contributed by atoms with van der Waals surface area (Å²) in [7, 11) is 0. The van der Waals surface area contributed by atoms with Gasteiger partial charge in [0.05, 0.1) is 11.9 Å². The molecule has 1 N–H and O–H groups in total. The molecule has 0 aliphatic carbocycles. The number of imidazole rings is 1. The Kier molecular flexibility index (Phi) is 3.61. The van der Waals surface area contributed by atoms with Crippen LogP contribution in [-0.2, 0) is 0 Å². The lowest BCUT2D eigenvalue weighted by molar-refractivity contribution is 0.101. The molecule has 1 amide bonds. The van der Waals surface area contributed by atoms with E-state index in [1.165, 1.54) is 12.3 Å². The van der Waals surface area contributed by atoms with Crippen molar-refractivity contribution in [2.45, 2.75) is 0 Å². The Labute approximate surface area is 124 Å². The number of nitrogens with zero attached hydrogens (tertiary/aromatic N) is 3. The number of halogens is 2. The third-order valence-corrected chi connectivity index (χ3v) is 2.96. The van der Waals surface area contributed by atoms with E-state index in [4.69, 9.17) is 0 Å². The monoisotopic (exact) mass is 300 g/mol. The van der Waals surface area contributed by atoms with E-state index >= 15 is 0 Å². The van der Waals surface area contributed by atoms with Gasteiger partial charge in [-0.05, 0) is 24.3 Å². The summed E-state index contributed by atoms with van der Waals surface area (Å²) in [6.45, 7) is 0. The van der Waals surface area contributed by atoms with Gasteiger partial charge < -0.3 is 5.32 Å². The van der Waals surface area contributed by atoms with Crippen molar-refractivity contribution < 1.29 is 13.6 Å². The number of rotatable bonds is 3. The minimum absolute atomic E-state index is 0.330. The quantitative estimate of drug-likeness (QED) is 0.809. The standard InChI is InChI=1S/C15H10F2N4O/c16-11-2-1-3-12(17)14(11)15(22)20-10-4-5-13(19-8-10)21-7-6-18-9-21/h1-9H,(H,20,22). The number of nitrogens with one attached hydrogen (secondary N) is 1. The zero-order valence-corrected chi connectivity index (χ0v) is 11.2. The van der Waals surface area contributed by atoms with Gasteiger partial charge in [-0.15, -0.1) is 0 Å². The number of amides is 1. The van der Waals surface area contributed by atoms with Gasteiger partial charge in [-0.2, -0.15) is 0 Å². The number of carbonyl (C=O) groups excluding carboxylic acids is 1. The second-order valence-corrected chi connectivity index (χ2v) is 4.43. The minimum Gasteiger partial charge on any atom is -0.320 e. The first-order valence-electron chi connectivity index (χ1n) is 6.35. The summed E-state index contributed by atoms with van der Waals surface area (Å²) in [6.07, 6.45) is 6.30. The molecule has 2 heterocycles. The van der Waals surface area contributed by atoms with Crippen LogP contribution < -0.4 is 5.32 Å². The lowest BCUT2D eigenvalue weighted by atomic mass is 10.2. The van der Waals surface area contributed by atoms with Crippen LogP contribution in [0.25, 0.3) is 5.82 Å². The predicted octanol–water partition coefficient (Wildman–Crippen LogP) is 2.80. The molecule has 1 aromatic carbocycles. The molecule has 3 rings (SSSR count). The summed E-state index contributed by atoms with van der Waals surface area (Å²) in [6, 6.07) is 6.48. The van der Waals surface area contributed by atoms with Crippen molar-refractivity contribution in [3.05, 3.63) is 72.4 Å². The summed E-state index contributed by atoms with van der Waals surface area (Å²) in [5.74, 6) is -2.10. The first kappa shape index (κ1) is 13.9. The topological polar surface area (TPSA) is 59.8 Å². The van der Waals surface area contributed by atoms with E-state index in [0.29, 0.717) is 11.5 Å². The second kappa shape index (κ2) is 5.72. The average Bonchev–Trinajstić information content (AvgIpc) is 3.02. The molecule has 5 nitrogen and oxygen atoms in total. The maximum atomic E-state index is 13.5. The molecule has 7 heteroatoms. The molecule has 0 radical (unpaired) electrons. The van der Waals surface area contributed by atoms with Crippen molar-refractivity contribution in [1.82, 2.24) is 14.5 Å². The maximum Gasteiger partial charge on any atom is 0.261 e. The highest BCUT2D eigenvalue weighted by molar-refractivity contribution is 6.04. The number of benzene rings is 1. The van der Waals surface area contributed by atoms with Crippen LogP contribution in [0, 0.1) is 11.6 Å². The zero-order chi connectivity index (χ0) is 15.5. The van der Waals surface area contributed by atoms with Crippen molar-refractivity contribution >= 4 is 11.6 Å². The molecule has 0 saturated heterocycles. The lowest BCUT2D eigenvalue weighted by Gasteiger charge is -2.07. The summed E-state index contributed by atoms with van der Waals surface area (Å²) in [5.41, 5.74) is -0.294. The van der Waals surface area contributed by atoms with Gasteiger partial charge in [-0.3, -0.25) is 9.36 Å². The highest BCUT2D eigenvalue weighted by Crippen LogP contribution is 2.15. The molecular formula is C15H10F2N4O. The van der Waals surface area contributed by atoms with Gasteiger partial charge in [-0.25, -0.2) is 18.7 Å². The molecule has 22 heavy (non-hydrogen) atoms. The van der Waals surface area contributed by atoms with Crippen LogP contribution in [0.1, 0.15) is 10.4 Å². The Balaban J connectivity index is 1.80. The molecule has 0 aliphatic heterocycles. The molecule has 2 aromatic heterocycles. The van der Waals surface area contributed by atoms with Crippen molar-refractivity contribution in [1.29, 1.82) is 0 Å². The van der Waals surface area contributed by atoms with E-state index in [2.05, 4.69) is 15.3 Å². The van der Waals surface area contributed by atoms with E-state index in [1.54, 1.807) is 35.4 Å². The Morgan fingerprint density at radius 3 is 2.50 bits per heavy atom. The van der Waals surface area contributed by atoms with Crippen LogP contribution in [0.4, 0.5) is 14.5 Å². The van der Waals surface area contributed by atoms with Crippen LogP contribution in [0.3, 0.4) is 0 Å². The summed E-state index contributed by atoms with van der Waals surface area (Å²) in [4.78, 5) is 20.0. The van der Waals surface area contributed by atoms with Gasteiger partial charge in [0.15, 0.2) is 0 Å². The normalized spacial score (nSPS) is 10.5. The Morgan fingerprint density at radius 1 is 1.14 bits per heavy atom. The fraction of sp³-hybridized carbons (Fsp3) is 0. The Morgan fingerprint density at radius 2 is 1.91 bits per heavy atom. The summed E-state index contributed by atoms with van der Waals surface area (Å²) in [5, 5.41) is 2.41. The van der Waals surface area contributed by atoms with E-state index in [0.717, 1.165) is 12.1 Å². The molecular weight excluding hydrogens is 290 g/mol. The van der Waals surface area contributed by atoms with Crippen molar-refractivity contribution in [2.24, 2.45) is 0 Å². The van der Waals surface area contributed by atoms with E-state index < -0.39 is 23.1 Å². The Bertz CT molecular complexity index is 781. The largest absolute Gasteiger partial charge is 0.320 e. The molecule has 0 aliphatic rings. The van der Waals surface area contributed by atoms with Gasteiger partial charge in [0.1, 0.15) is 29.3 Å². The van der Waals surface area contributed by atoms with Crippen LogP contribution in [-0.4, -0.2) is 20.4 Å². The first-order chi connectivity index (χ1) is 10.6. The maximum absolute atomic E-state index is 13.5. The highest BCUT2D eigenvalue weighted by Gasteiger charge is 2.17. The van der Waals surface area contributed by atoms with E-state index in [9.17, 15) is 13.6 Å². The average molecular weight is 300 g/mol. The molecule has 0 bridgehead atoms. The number of aromatic nitrogens is 3. The van der Waals surface area contributed by atoms with Crippen molar-refractivity contribution in [3.8, 4) is 5.82 Å². The van der Waals surface area contributed by atoms with Crippen LogP contribution in [0.5, 0.6) is 0 Å². The molecule has 0 saturated carbocycles. The predicted molar refractivity (Wildman–Crippen MR) is 75.7 cm³/mol. The smallest absolute Gasteiger partial charge is 0.261 e. The number of pyridine rings is 1. The lowest BCUT2D eigenvalue weighted by Crippen LogP contribution is -2.16. The van der Waals surface area contributed by atoms with Gasteiger partial charge in [-0.1, -0.05) is 6.07 Å². The SMILES string of the molecule is O=C(Nc1ccc(-n2ccnc2)nc1)c1c(F)cccc1F. The highest BCUT2D eigenvalue weighted by atomic mass is 19.1. The number of hydrogen-bond donors (Lipinski definition) is 1. The van der Waals surface area contributed by atoms with Crippen LogP contribution in [0.2, 0.25) is 0 Å². The van der Waals surface area contributed by atoms with Gasteiger partial charge >= 0.3 is 0 Å². The molecule has 0 unspecified atom stereocenters. The van der Waals surface area contributed by atoms with Crippen molar-refractivity contribution in [3.63, 3.8) is 0 Å². The Hall–Kier alpha value is -3.09. The van der Waals surface area contributed by atoms with E-state index in [-0.39, 0.29) is 0 Å². The van der Waals surface area contributed by atoms with Gasteiger partial charge in [0.25, 0.3) is 5.91 Å². The van der Waals surface area contributed by atoms with E-state index in [1.807, 2.05) is 0 Å². The molecule has 0 atom stereocenters. The summed E-state index contributed by atoms with van der Waals surface area (Å²) < 4.78 is 28.7. The van der Waals surface area contributed by atoms with Crippen molar-refractivity contribution in [2.75, 3.05) is 5.32 Å². The van der Waals surface area contributed by atoms with Crippen LogP contribution >= 0.6 is 0 Å². The molecule has 110 valence electrons. The first-order valence-corrected chi connectivity index (χ1v) is 6.35. The minimum atomic E-state index is -0.916. The number of carbonyl (C=O) groups is 1. The third-order valence-electron chi connectivity index (χ3n) is 2.96. The number of hydrogen-bond acceptors (Lipinski definition) is 3. The number of anilines is 1. The molecule has 0 spiro atoms. The fourth-order valence-electron chi connectivity index (χ4n) is 1.92. The fourth-order valence-corrected chi connectivity index (χ4v) is 1.92. The molecule has 3 aromatic rings. The van der Waals surface area contributed by atoms with Gasteiger partial charge in [0.2, 0.25) is 0 Å². The summed E-state index contributed by atoms with van der Waals surface area (Å²) >= 11 is 0.